The highest BCUT2D eigenvalue weighted by molar-refractivity contribution is 7.81. The Morgan fingerprint density at radius 3 is 2.14 bits per heavy atom. The summed E-state index contributed by atoms with van der Waals surface area (Å²) >= 11 is 7.02. The van der Waals surface area contributed by atoms with E-state index in [0.717, 1.165) is 58.1 Å². The number of amides is 5. The van der Waals surface area contributed by atoms with Gasteiger partial charge in [-0.1, -0.05) is 69.3 Å². The molecule has 78 heavy (non-hydrogen) atoms. The van der Waals surface area contributed by atoms with E-state index in [2.05, 4.69) is 25.9 Å². The number of aliphatic hydroxyl groups is 1. The lowest BCUT2D eigenvalue weighted by molar-refractivity contribution is -0.142. The Bertz CT molecular complexity index is 3380. The molecule has 0 spiro atoms. The van der Waals surface area contributed by atoms with Crippen LogP contribution < -0.4 is 25.8 Å². The monoisotopic (exact) mass is 1110 g/mol. The highest BCUT2D eigenvalue weighted by Gasteiger charge is 2.52. The summed E-state index contributed by atoms with van der Waals surface area (Å²) < 4.78 is 88.3. The number of pyridine rings is 1. The standard InChI is InChI=1S/C55H49F6N9O6S2/c1-29-44(78-28-65-29)32-9-7-30(8-10-32)25-64-47(73)41-23-38(71)27-68(41)48(74)45(52(2,3)4)67-46(72)33-11-16-35(17-12-33)54(57,58)49(75)66-36-18-13-31(14-19-36)39-21-20-37(26-63-39)70-51(77)69(50(76)53(70,5)6)40-22-15-34(24-62)42(43(40)56)55(59,60)61/h7-22,26,28,38,41,45,71H,23,25,27H2,1-6H3,(H,64,73)(H,66,75)(H,67,72)/t38-,41+,45-/m1/s1. The molecule has 0 radical (unpaired) electrons. The molecule has 5 amide bonds. The van der Waals surface area contributed by atoms with E-state index in [1.807, 2.05) is 31.2 Å². The summed E-state index contributed by atoms with van der Waals surface area (Å²) in [5.74, 6) is -10.4. The fraction of sp³-hybridized carbons (Fsp3) is 0.291. The number of aromatic nitrogens is 2. The number of thiazole rings is 1. The molecule has 23 heteroatoms. The topological polar surface area (TPSA) is 201 Å². The predicted octanol–water partition coefficient (Wildman–Crippen LogP) is 9.28. The summed E-state index contributed by atoms with van der Waals surface area (Å²) in [5, 5.41) is 27.2. The van der Waals surface area contributed by atoms with E-state index < -0.39 is 99.0 Å². The van der Waals surface area contributed by atoms with E-state index in [4.69, 9.17) is 12.2 Å². The fourth-order valence-electron chi connectivity index (χ4n) is 9.13. The van der Waals surface area contributed by atoms with Crippen LogP contribution in [-0.4, -0.2) is 84.9 Å². The van der Waals surface area contributed by atoms with E-state index in [-0.39, 0.29) is 41.6 Å². The lowest BCUT2D eigenvalue weighted by Crippen LogP contribution is -2.57. The lowest BCUT2D eigenvalue weighted by Gasteiger charge is -2.35. The average molecular weight is 1110 g/mol. The second kappa shape index (κ2) is 21.4. The second-order valence-corrected chi connectivity index (χ2v) is 21.4. The van der Waals surface area contributed by atoms with Gasteiger partial charge in [0.25, 0.3) is 17.7 Å². The normalized spacial score (nSPS) is 16.9. The SMILES string of the molecule is Cc1ncsc1-c1ccc(CNC(=O)[C@@H]2C[C@@H](O)CN2C(=O)[C@@H](NC(=O)c2ccc(C(F)(F)C(=O)Nc3ccc(-c4ccc(N5C(=S)N(c6ccc(C#N)c(C(F)(F)F)c6F)C(=O)C5(C)C)cn4)cc3)cc2)C(C)(C)C)cc1. The first kappa shape index (κ1) is 56.1. The number of anilines is 3. The van der Waals surface area contributed by atoms with Gasteiger partial charge in [-0.15, -0.1) is 11.3 Å². The van der Waals surface area contributed by atoms with Crippen LogP contribution >= 0.6 is 23.6 Å². The van der Waals surface area contributed by atoms with Crippen LogP contribution in [0.25, 0.3) is 21.7 Å². The summed E-state index contributed by atoms with van der Waals surface area (Å²) in [7, 11) is 0. The van der Waals surface area contributed by atoms with E-state index in [0.29, 0.717) is 16.2 Å². The molecule has 0 unspecified atom stereocenters. The van der Waals surface area contributed by atoms with E-state index in [1.165, 1.54) is 83.6 Å². The number of aliphatic hydroxyl groups excluding tert-OH is 1. The zero-order valence-electron chi connectivity index (χ0n) is 42.5. The van der Waals surface area contributed by atoms with E-state index in [9.17, 15) is 47.5 Å². The second-order valence-electron chi connectivity index (χ2n) is 20.2. The van der Waals surface area contributed by atoms with Crippen LogP contribution in [0.4, 0.5) is 43.4 Å². The molecule has 4 heterocycles. The molecule has 0 aliphatic carbocycles. The van der Waals surface area contributed by atoms with Crippen molar-refractivity contribution < 1.29 is 55.4 Å². The van der Waals surface area contributed by atoms with Gasteiger partial charge in [0.15, 0.2) is 10.9 Å². The van der Waals surface area contributed by atoms with Crippen molar-refractivity contribution in [3.8, 4) is 27.8 Å². The van der Waals surface area contributed by atoms with Crippen molar-refractivity contribution in [3.63, 3.8) is 0 Å². The van der Waals surface area contributed by atoms with Gasteiger partial charge < -0.3 is 30.9 Å². The number of nitrogens with one attached hydrogen (secondary N) is 3. The Morgan fingerprint density at radius 2 is 1.56 bits per heavy atom. The number of likely N-dealkylation sites (tertiary alicyclic amines) is 1. The first-order chi connectivity index (χ1) is 36.6. The number of alkyl halides is 5. The molecule has 2 aliphatic heterocycles. The van der Waals surface area contributed by atoms with Gasteiger partial charge in [-0.05, 0) is 98.1 Å². The third-order valence-corrected chi connectivity index (χ3v) is 14.7. The zero-order chi connectivity index (χ0) is 56.8. The van der Waals surface area contributed by atoms with Crippen LogP contribution in [0, 0.1) is 29.5 Å². The number of rotatable bonds is 13. The van der Waals surface area contributed by atoms with Gasteiger partial charge in [0.2, 0.25) is 11.8 Å². The minimum absolute atomic E-state index is 0.0152. The summed E-state index contributed by atoms with van der Waals surface area (Å²) in [6, 6.07) is 20.9. The number of hydrogen-bond donors (Lipinski definition) is 4. The minimum atomic E-state index is -5.25. The third kappa shape index (κ3) is 11.1. The van der Waals surface area contributed by atoms with Gasteiger partial charge >= 0.3 is 12.1 Å². The van der Waals surface area contributed by atoms with Gasteiger partial charge in [0.1, 0.15) is 23.2 Å². The Labute approximate surface area is 452 Å². The van der Waals surface area contributed by atoms with Crippen molar-refractivity contribution >= 4 is 75.3 Å². The van der Waals surface area contributed by atoms with Gasteiger partial charge in [0, 0.05) is 41.9 Å². The van der Waals surface area contributed by atoms with Gasteiger partial charge in [-0.3, -0.25) is 33.9 Å². The molecular formula is C55H49F6N9O6S2. The quantitative estimate of drug-likeness (QED) is 0.0635. The number of nitrogens with zero attached hydrogens (tertiary/aromatic N) is 6. The van der Waals surface area contributed by atoms with E-state index >= 15 is 13.2 Å². The number of thiocarbonyl (C=S) groups is 1. The van der Waals surface area contributed by atoms with Crippen molar-refractivity contribution in [1.82, 2.24) is 25.5 Å². The Morgan fingerprint density at radius 1 is 0.910 bits per heavy atom. The molecule has 4 aromatic carbocycles. The maximum absolute atomic E-state index is 15.7. The third-order valence-electron chi connectivity index (χ3n) is 13.4. The molecule has 2 aliphatic rings. The average Bonchev–Trinajstić information content (AvgIpc) is 4.21. The molecule has 8 rings (SSSR count). The number of carbonyl (C=O) groups excluding carboxylic acids is 5. The van der Waals surface area contributed by atoms with Gasteiger partial charge in [0.05, 0.1) is 57.1 Å². The molecule has 0 bridgehead atoms. The molecule has 15 nitrogen and oxygen atoms in total. The minimum Gasteiger partial charge on any atom is -0.391 e. The molecule has 404 valence electrons. The molecule has 2 aromatic heterocycles. The maximum Gasteiger partial charge on any atom is 0.420 e. The number of aryl methyl sites for hydroxylation is 1. The highest BCUT2D eigenvalue weighted by Crippen LogP contribution is 2.42. The van der Waals surface area contributed by atoms with Crippen molar-refractivity contribution in [3.05, 3.63) is 148 Å². The van der Waals surface area contributed by atoms with Crippen molar-refractivity contribution in [1.29, 1.82) is 5.26 Å². The highest BCUT2D eigenvalue weighted by atomic mass is 32.1. The maximum atomic E-state index is 15.7. The van der Waals surface area contributed by atoms with Crippen LogP contribution in [0.15, 0.2) is 109 Å². The molecule has 2 saturated heterocycles. The molecule has 4 N–H and O–H groups in total. The van der Waals surface area contributed by atoms with Crippen LogP contribution in [-0.2, 0) is 37.8 Å². The number of hydrogen-bond acceptors (Lipinski definition) is 11. The smallest absolute Gasteiger partial charge is 0.391 e. The summed E-state index contributed by atoms with van der Waals surface area (Å²) in [6.45, 7) is 9.86. The van der Waals surface area contributed by atoms with Crippen LogP contribution in [0.1, 0.15) is 79.3 Å². The summed E-state index contributed by atoms with van der Waals surface area (Å²) in [5.41, 5.74) is -1.47. The molecule has 6 aromatic rings. The number of carbonyl (C=O) groups is 5. The Hall–Kier alpha value is -8.07. The van der Waals surface area contributed by atoms with E-state index in [1.54, 1.807) is 26.3 Å². The largest absolute Gasteiger partial charge is 0.420 e. The Balaban J connectivity index is 0.881. The number of benzene rings is 4. The fourth-order valence-corrected chi connectivity index (χ4v) is 10.5. The predicted molar refractivity (Wildman–Crippen MR) is 282 cm³/mol. The first-order valence-corrected chi connectivity index (χ1v) is 25.3. The molecular weight excluding hydrogens is 1060 g/mol. The van der Waals surface area contributed by atoms with Crippen molar-refractivity contribution in [2.45, 2.75) is 90.3 Å². The number of β-amino-alcohol motifs (C(OH)–C–C–N with tert-alkyl or cyclic N) is 1. The number of nitriles is 1. The van der Waals surface area contributed by atoms with Crippen molar-refractivity contribution in [2.24, 2.45) is 5.41 Å². The van der Waals surface area contributed by atoms with Gasteiger partial charge in [-0.2, -0.15) is 27.2 Å². The van der Waals surface area contributed by atoms with Crippen molar-refractivity contribution in [2.75, 3.05) is 21.7 Å². The Kier molecular flexibility index (Phi) is 15.4. The van der Waals surface area contributed by atoms with Crippen LogP contribution in [0.2, 0.25) is 0 Å². The van der Waals surface area contributed by atoms with Crippen LogP contribution in [0.3, 0.4) is 0 Å². The lowest BCUT2D eigenvalue weighted by atomic mass is 9.85. The zero-order valence-corrected chi connectivity index (χ0v) is 44.1. The first-order valence-electron chi connectivity index (χ1n) is 24.0. The number of halogens is 6. The molecule has 0 saturated carbocycles. The van der Waals surface area contributed by atoms with Gasteiger partial charge in [-0.25, -0.2) is 9.37 Å². The molecule has 2 fully saturated rings. The summed E-state index contributed by atoms with van der Waals surface area (Å²) in [6.07, 6.45) is -4.98. The van der Waals surface area contributed by atoms with Crippen LogP contribution in [0.5, 0.6) is 0 Å². The summed E-state index contributed by atoms with van der Waals surface area (Å²) in [4.78, 5) is 80.9. The molecule has 3 atom stereocenters.